The highest BCUT2D eigenvalue weighted by Gasteiger charge is 2.18. The number of halogens is 1. The molecule has 0 saturated heterocycles. The number of nitrogens with zero attached hydrogens (tertiary/aromatic N) is 3. The fourth-order valence-corrected chi connectivity index (χ4v) is 1.93. The van der Waals surface area contributed by atoms with Crippen LogP contribution in [-0.2, 0) is 4.79 Å². The Balaban J connectivity index is 2.64. The van der Waals surface area contributed by atoms with Gasteiger partial charge in [0.25, 0.3) is 0 Å². The molecule has 1 aromatic heterocycles. The van der Waals surface area contributed by atoms with Gasteiger partial charge in [-0.2, -0.15) is 10.2 Å². The Morgan fingerprint density at radius 2 is 2.14 bits per heavy atom. The second-order valence-electron chi connectivity index (χ2n) is 4.13. The van der Waals surface area contributed by atoms with Crippen molar-refractivity contribution in [3.8, 4) is 23.1 Å². The van der Waals surface area contributed by atoms with E-state index >= 15 is 0 Å². The Morgan fingerprint density at radius 1 is 1.41 bits per heavy atom. The summed E-state index contributed by atoms with van der Waals surface area (Å²) in [6, 6.07) is 6.34. The van der Waals surface area contributed by atoms with Crippen LogP contribution in [0, 0.1) is 11.3 Å². The van der Waals surface area contributed by atoms with Gasteiger partial charge in [0, 0.05) is 10.6 Å². The number of hydrogen-bond donors (Lipinski definition) is 3. The molecule has 0 atom stereocenters. The third-order valence-corrected chi connectivity index (χ3v) is 2.85. The number of hydrogen-bond acceptors (Lipinski definition) is 7. The van der Waals surface area contributed by atoms with Gasteiger partial charge in [-0.15, -0.1) is 0 Å². The molecule has 0 aliphatic carbocycles. The molecule has 0 saturated carbocycles. The number of nitrogens with two attached hydrogens (primary N) is 2. The van der Waals surface area contributed by atoms with Crippen molar-refractivity contribution in [3.63, 3.8) is 0 Å². The van der Waals surface area contributed by atoms with Gasteiger partial charge in [-0.3, -0.25) is 0 Å². The molecular weight excluding hydrogens is 310 g/mol. The number of carboxylic acids is 1. The van der Waals surface area contributed by atoms with E-state index in [-0.39, 0.29) is 28.8 Å². The van der Waals surface area contributed by atoms with Gasteiger partial charge in [0.2, 0.25) is 5.95 Å². The maximum atomic E-state index is 10.6. The number of ether oxygens (including phenoxy) is 1. The zero-order valence-electron chi connectivity index (χ0n) is 11.1. The van der Waals surface area contributed by atoms with Gasteiger partial charge in [0.1, 0.15) is 23.2 Å². The van der Waals surface area contributed by atoms with Crippen molar-refractivity contribution in [2.75, 3.05) is 18.1 Å². The van der Waals surface area contributed by atoms with E-state index in [0.29, 0.717) is 10.6 Å². The predicted molar refractivity (Wildman–Crippen MR) is 79.1 cm³/mol. The monoisotopic (exact) mass is 319 g/mol. The Morgan fingerprint density at radius 3 is 2.77 bits per heavy atom. The van der Waals surface area contributed by atoms with E-state index < -0.39 is 12.6 Å². The van der Waals surface area contributed by atoms with Crippen LogP contribution in [0.3, 0.4) is 0 Å². The molecule has 0 fully saturated rings. The summed E-state index contributed by atoms with van der Waals surface area (Å²) in [4.78, 5) is 18.3. The van der Waals surface area contributed by atoms with Crippen molar-refractivity contribution in [1.29, 1.82) is 5.26 Å². The van der Waals surface area contributed by atoms with E-state index in [1.807, 2.05) is 6.07 Å². The Hall–Kier alpha value is -3.05. The summed E-state index contributed by atoms with van der Waals surface area (Å²) >= 11 is 5.94. The van der Waals surface area contributed by atoms with E-state index in [0.717, 1.165) is 0 Å². The summed E-state index contributed by atoms with van der Waals surface area (Å²) in [6.07, 6.45) is 0. The number of nitriles is 1. The van der Waals surface area contributed by atoms with Crippen molar-refractivity contribution in [3.05, 3.63) is 28.8 Å². The number of benzene rings is 1. The first kappa shape index (κ1) is 15.3. The lowest BCUT2D eigenvalue weighted by Gasteiger charge is -2.12. The molecule has 1 heterocycles. The van der Waals surface area contributed by atoms with Gasteiger partial charge in [-0.25, -0.2) is 9.78 Å². The molecule has 0 aliphatic rings. The van der Waals surface area contributed by atoms with Crippen molar-refractivity contribution in [2.45, 2.75) is 0 Å². The molecule has 0 radical (unpaired) electrons. The normalized spacial score (nSPS) is 10.0. The lowest BCUT2D eigenvalue weighted by atomic mass is 10.1. The summed E-state index contributed by atoms with van der Waals surface area (Å²) in [5.74, 6) is -1.19. The number of anilines is 2. The molecule has 5 N–H and O–H groups in total. The zero-order valence-corrected chi connectivity index (χ0v) is 11.8. The molecule has 22 heavy (non-hydrogen) atoms. The quantitative estimate of drug-likeness (QED) is 0.763. The molecule has 0 bridgehead atoms. The number of carboxylic acid groups (broad SMARTS) is 1. The summed E-state index contributed by atoms with van der Waals surface area (Å²) in [7, 11) is 0. The summed E-state index contributed by atoms with van der Waals surface area (Å²) < 4.78 is 5.18. The van der Waals surface area contributed by atoms with Crippen LogP contribution in [-0.4, -0.2) is 27.7 Å². The van der Waals surface area contributed by atoms with Crippen LogP contribution in [0.15, 0.2) is 18.2 Å². The minimum Gasteiger partial charge on any atom is -0.481 e. The Bertz CT molecular complexity index is 788. The number of aliphatic carboxylic acids is 1. The molecule has 0 aliphatic heterocycles. The molecule has 8 nitrogen and oxygen atoms in total. The highest BCUT2D eigenvalue weighted by atomic mass is 35.5. The number of aromatic nitrogens is 2. The minimum absolute atomic E-state index is 0.00311. The van der Waals surface area contributed by atoms with Gasteiger partial charge in [0.15, 0.2) is 6.61 Å². The number of nitrogen functional groups attached to an aromatic ring is 2. The van der Waals surface area contributed by atoms with Crippen LogP contribution >= 0.6 is 11.6 Å². The Labute approximate surface area is 129 Å². The maximum Gasteiger partial charge on any atom is 0.341 e. The smallest absolute Gasteiger partial charge is 0.341 e. The van der Waals surface area contributed by atoms with E-state index in [1.165, 1.54) is 18.2 Å². The van der Waals surface area contributed by atoms with Gasteiger partial charge < -0.3 is 21.3 Å². The predicted octanol–water partition coefficient (Wildman–Crippen LogP) is 1.30. The van der Waals surface area contributed by atoms with Crippen LogP contribution < -0.4 is 16.2 Å². The second-order valence-corrected chi connectivity index (χ2v) is 4.56. The number of carbonyl (C=O) groups is 1. The van der Waals surface area contributed by atoms with Crippen LogP contribution in [0.2, 0.25) is 5.02 Å². The van der Waals surface area contributed by atoms with Crippen molar-refractivity contribution < 1.29 is 14.6 Å². The average molecular weight is 320 g/mol. The molecule has 2 aromatic rings. The van der Waals surface area contributed by atoms with Crippen molar-refractivity contribution in [2.24, 2.45) is 0 Å². The van der Waals surface area contributed by atoms with Crippen LogP contribution in [0.4, 0.5) is 11.8 Å². The highest BCUT2D eigenvalue weighted by molar-refractivity contribution is 6.31. The first-order valence-corrected chi connectivity index (χ1v) is 6.27. The van der Waals surface area contributed by atoms with Crippen LogP contribution in [0.5, 0.6) is 5.75 Å². The largest absolute Gasteiger partial charge is 0.481 e. The minimum atomic E-state index is -1.15. The van der Waals surface area contributed by atoms with E-state index in [4.69, 9.17) is 32.9 Å². The number of rotatable bonds is 4. The third-order valence-electron chi connectivity index (χ3n) is 2.61. The zero-order chi connectivity index (χ0) is 16.3. The van der Waals surface area contributed by atoms with E-state index in [2.05, 4.69) is 9.97 Å². The molecule has 9 heteroatoms. The van der Waals surface area contributed by atoms with Gasteiger partial charge in [-0.1, -0.05) is 11.6 Å². The molecule has 0 spiro atoms. The summed E-state index contributed by atoms with van der Waals surface area (Å²) in [5.41, 5.74) is 11.6. The second kappa shape index (κ2) is 6.15. The highest BCUT2D eigenvalue weighted by Crippen LogP contribution is 2.35. The van der Waals surface area contributed by atoms with E-state index in [1.54, 1.807) is 0 Å². The molecular formula is C13H10ClN5O3. The topological polar surface area (TPSA) is 148 Å². The van der Waals surface area contributed by atoms with Crippen molar-refractivity contribution in [1.82, 2.24) is 9.97 Å². The van der Waals surface area contributed by atoms with Gasteiger partial charge >= 0.3 is 5.97 Å². The molecule has 1 aromatic carbocycles. The SMILES string of the molecule is N#Cc1c(N)nc(N)nc1-c1cc(Cl)ccc1OCC(=O)O. The third kappa shape index (κ3) is 3.16. The van der Waals surface area contributed by atoms with Gasteiger partial charge in [-0.05, 0) is 18.2 Å². The van der Waals surface area contributed by atoms with Crippen LogP contribution in [0.25, 0.3) is 11.3 Å². The average Bonchev–Trinajstić information content (AvgIpc) is 2.45. The Kier molecular flexibility index (Phi) is 4.29. The molecule has 112 valence electrons. The summed E-state index contributed by atoms with van der Waals surface area (Å²) in [5, 5.41) is 18.3. The standard InChI is InChI=1S/C13H10ClN5O3/c14-6-1-2-9(22-5-10(20)21)7(3-6)11-8(4-15)12(16)19-13(17)18-11/h1-3H,5H2,(H,20,21)(H4,16,17,18,19). The van der Waals surface area contributed by atoms with E-state index in [9.17, 15) is 10.1 Å². The molecule has 0 amide bonds. The molecule has 0 unspecified atom stereocenters. The first-order chi connectivity index (χ1) is 10.4. The fourth-order valence-electron chi connectivity index (χ4n) is 1.75. The van der Waals surface area contributed by atoms with Crippen molar-refractivity contribution >= 4 is 29.3 Å². The fraction of sp³-hybridized carbons (Fsp3) is 0.0769. The summed E-state index contributed by atoms with van der Waals surface area (Å²) in [6.45, 7) is -0.563. The van der Waals surface area contributed by atoms with Gasteiger partial charge in [0.05, 0.1) is 5.69 Å². The lowest BCUT2D eigenvalue weighted by molar-refractivity contribution is -0.139. The van der Waals surface area contributed by atoms with Crippen LogP contribution in [0.1, 0.15) is 5.56 Å². The molecule has 2 rings (SSSR count). The first-order valence-electron chi connectivity index (χ1n) is 5.90. The lowest BCUT2D eigenvalue weighted by Crippen LogP contribution is -2.11. The maximum absolute atomic E-state index is 10.6.